The largest absolute Gasteiger partial charge is 0.342 e. The molecule has 1 aliphatic heterocycles. The monoisotopic (exact) mass is 400 g/mol. The molecule has 4 heterocycles. The molecule has 0 unspecified atom stereocenters. The summed E-state index contributed by atoms with van der Waals surface area (Å²) in [7, 11) is 0. The summed E-state index contributed by atoms with van der Waals surface area (Å²) >= 11 is 7.41. The van der Waals surface area contributed by atoms with Crippen LogP contribution in [0.4, 0.5) is 5.95 Å². The lowest BCUT2D eigenvalue weighted by atomic mass is 9.77. The van der Waals surface area contributed by atoms with E-state index in [0.717, 1.165) is 34.6 Å². The smallest absolute Gasteiger partial charge is 0.223 e. The molecule has 2 fully saturated rings. The predicted octanol–water partition coefficient (Wildman–Crippen LogP) is 4.48. The molecule has 1 spiro atoms. The molecule has 1 saturated carbocycles. The number of hydrogen-bond donors (Lipinski definition) is 0. The highest BCUT2D eigenvalue weighted by Crippen LogP contribution is 2.46. The van der Waals surface area contributed by atoms with Gasteiger partial charge in [-0.1, -0.05) is 24.6 Å². The summed E-state index contributed by atoms with van der Waals surface area (Å²) in [5.74, 6) is 0.986. The van der Waals surface area contributed by atoms with Crippen molar-refractivity contribution >= 4 is 35.0 Å². The number of fused-ring (bicyclic) bond motifs is 1. The summed E-state index contributed by atoms with van der Waals surface area (Å²) in [6.45, 7) is 2.16. The lowest BCUT2D eigenvalue weighted by molar-refractivity contribution is 0.225. The van der Waals surface area contributed by atoms with E-state index in [4.69, 9.17) is 16.6 Å². The highest BCUT2D eigenvalue weighted by atomic mass is 35.5. The molecule has 2 aliphatic rings. The van der Waals surface area contributed by atoms with Gasteiger partial charge in [-0.25, -0.2) is 19.9 Å². The van der Waals surface area contributed by atoms with Crippen LogP contribution in [0.25, 0.3) is 5.65 Å². The maximum absolute atomic E-state index is 5.91. The van der Waals surface area contributed by atoms with Crippen molar-refractivity contribution in [1.82, 2.24) is 24.3 Å². The van der Waals surface area contributed by atoms with Gasteiger partial charge in [0, 0.05) is 37.9 Å². The second-order valence-corrected chi connectivity index (χ2v) is 8.90. The molecular formula is C19H21ClN6S. The van der Waals surface area contributed by atoms with Crippen LogP contribution in [0.5, 0.6) is 0 Å². The molecular weight excluding hydrogens is 380 g/mol. The van der Waals surface area contributed by atoms with Gasteiger partial charge in [0.15, 0.2) is 5.65 Å². The highest BCUT2D eigenvalue weighted by Gasteiger charge is 2.37. The van der Waals surface area contributed by atoms with Crippen molar-refractivity contribution in [2.75, 3.05) is 18.0 Å². The first kappa shape index (κ1) is 17.3. The molecule has 0 bridgehead atoms. The van der Waals surface area contributed by atoms with E-state index in [-0.39, 0.29) is 5.28 Å². The number of halogens is 1. The fourth-order valence-corrected chi connectivity index (χ4v) is 5.52. The molecule has 0 N–H and O–H groups in total. The van der Waals surface area contributed by atoms with Gasteiger partial charge in [0.25, 0.3) is 0 Å². The number of imidazole rings is 1. The fraction of sp³-hybridized carbons (Fsp3) is 0.474. The highest BCUT2D eigenvalue weighted by molar-refractivity contribution is 7.99. The Morgan fingerprint density at radius 1 is 1.00 bits per heavy atom. The Labute approximate surface area is 167 Å². The van der Waals surface area contributed by atoms with Crippen molar-refractivity contribution in [1.29, 1.82) is 0 Å². The predicted molar refractivity (Wildman–Crippen MR) is 107 cm³/mol. The third-order valence-electron chi connectivity index (χ3n) is 5.96. The molecule has 0 radical (unpaired) electrons. The van der Waals surface area contributed by atoms with Gasteiger partial charge >= 0.3 is 0 Å². The molecule has 6 nitrogen and oxygen atoms in total. The Balaban J connectivity index is 1.41. The Morgan fingerprint density at radius 2 is 1.81 bits per heavy atom. The summed E-state index contributed by atoms with van der Waals surface area (Å²) < 4.78 is 2.10. The van der Waals surface area contributed by atoms with Crippen LogP contribution < -0.4 is 4.90 Å². The summed E-state index contributed by atoms with van der Waals surface area (Å²) in [6, 6.07) is 1.84. The van der Waals surface area contributed by atoms with Crippen molar-refractivity contribution < 1.29 is 0 Å². The van der Waals surface area contributed by atoms with Crippen LogP contribution in [-0.4, -0.2) is 37.4 Å². The van der Waals surface area contributed by atoms with Gasteiger partial charge in [0.05, 0.1) is 4.90 Å². The number of piperidine rings is 1. The summed E-state index contributed by atoms with van der Waals surface area (Å²) in [4.78, 5) is 20.9. The fourth-order valence-electron chi connectivity index (χ4n) is 4.48. The third-order valence-corrected chi connectivity index (χ3v) is 7.09. The van der Waals surface area contributed by atoms with Gasteiger partial charge in [-0.05, 0) is 48.8 Å². The second kappa shape index (κ2) is 6.95. The summed E-state index contributed by atoms with van der Waals surface area (Å²) in [5.41, 5.74) is 1.51. The minimum atomic E-state index is 0.248. The number of anilines is 1. The Bertz CT molecular complexity index is 958. The van der Waals surface area contributed by atoms with Crippen LogP contribution in [0, 0.1) is 5.41 Å². The molecule has 8 heteroatoms. The average Bonchev–Trinajstić information content (AvgIpc) is 3.33. The van der Waals surface area contributed by atoms with Gasteiger partial charge in [-0.15, -0.1) is 0 Å². The molecule has 3 aromatic heterocycles. The van der Waals surface area contributed by atoms with E-state index in [9.17, 15) is 0 Å². The van der Waals surface area contributed by atoms with E-state index in [2.05, 4.69) is 24.3 Å². The lowest BCUT2D eigenvalue weighted by Gasteiger charge is -2.39. The molecule has 27 heavy (non-hydrogen) atoms. The Kier molecular flexibility index (Phi) is 4.44. The standard InChI is InChI=1S/C19H21ClN6S/c20-17-22-8-3-15(24-17)27-14-13-23-18(26-12-9-21-16(14)26)25-10-6-19(7-11-25)4-1-2-5-19/h3,8-9,12-13H,1-2,4-7,10-11H2. The maximum atomic E-state index is 5.91. The maximum Gasteiger partial charge on any atom is 0.223 e. The number of aromatic nitrogens is 5. The van der Waals surface area contributed by atoms with E-state index in [0.29, 0.717) is 5.41 Å². The minimum absolute atomic E-state index is 0.248. The van der Waals surface area contributed by atoms with Crippen molar-refractivity contribution in [3.63, 3.8) is 0 Å². The zero-order valence-corrected chi connectivity index (χ0v) is 16.6. The normalized spacial score (nSPS) is 19.2. The number of rotatable bonds is 3. The SMILES string of the molecule is Clc1nccc(Sc2cnc(N3CCC4(CCCC4)CC3)n3ccnc23)n1. The number of hydrogen-bond acceptors (Lipinski definition) is 6. The van der Waals surface area contributed by atoms with Crippen LogP contribution >= 0.6 is 23.4 Å². The van der Waals surface area contributed by atoms with Crippen molar-refractivity contribution in [3.05, 3.63) is 36.1 Å². The molecule has 5 rings (SSSR count). The van der Waals surface area contributed by atoms with E-state index >= 15 is 0 Å². The van der Waals surface area contributed by atoms with Gasteiger partial charge in [0.1, 0.15) is 5.03 Å². The average molecular weight is 401 g/mol. The van der Waals surface area contributed by atoms with Gasteiger partial charge < -0.3 is 4.90 Å². The van der Waals surface area contributed by atoms with Crippen LogP contribution in [-0.2, 0) is 0 Å². The summed E-state index contributed by atoms with van der Waals surface area (Å²) in [6.07, 6.45) is 15.6. The lowest BCUT2D eigenvalue weighted by Crippen LogP contribution is -2.40. The molecule has 3 aromatic rings. The van der Waals surface area contributed by atoms with Gasteiger partial charge in [-0.2, -0.15) is 0 Å². The minimum Gasteiger partial charge on any atom is -0.342 e. The second-order valence-electron chi connectivity index (χ2n) is 7.50. The van der Waals surface area contributed by atoms with Crippen LogP contribution in [0.2, 0.25) is 5.28 Å². The number of nitrogens with zero attached hydrogens (tertiary/aromatic N) is 6. The van der Waals surface area contributed by atoms with Gasteiger partial charge in [-0.3, -0.25) is 4.40 Å². The molecule has 0 amide bonds. The van der Waals surface area contributed by atoms with Crippen molar-refractivity contribution in [2.45, 2.75) is 48.4 Å². The van der Waals surface area contributed by atoms with E-state index in [1.807, 2.05) is 24.7 Å². The Morgan fingerprint density at radius 3 is 2.59 bits per heavy atom. The summed E-state index contributed by atoms with van der Waals surface area (Å²) in [5, 5.41) is 1.04. The van der Waals surface area contributed by atoms with Crippen molar-refractivity contribution in [2.24, 2.45) is 5.41 Å². The van der Waals surface area contributed by atoms with Crippen LogP contribution in [0.15, 0.2) is 40.8 Å². The zero-order valence-electron chi connectivity index (χ0n) is 15.0. The quantitative estimate of drug-likeness (QED) is 0.477. The van der Waals surface area contributed by atoms with E-state index in [1.54, 1.807) is 6.20 Å². The molecule has 0 atom stereocenters. The third kappa shape index (κ3) is 3.27. The van der Waals surface area contributed by atoms with E-state index < -0.39 is 0 Å². The van der Waals surface area contributed by atoms with Gasteiger partial charge in [0.2, 0.25) is 11.2 Å². The first-order valence-electron chi connectivity index (χ1n) is 9.46. The molecule has 1 aliphatic carbocycles. The van der Waals surface area contributed by atoms with Crippen LogP contribution in [0.1, 0.15) is 38.5 Å². The van der Waals surface area contributed by atoms with E-state index in [1.165, 1.54) is 50.3 Å². The topological polar surface area (TPSA) is 59.2 Å². The first-order chi connectivity index (χ1) is 13.2. The molecule has 0 aromatic carbocycles. The zero-order chi connectivity index (χ0) is 18.3. The van der Waals surface area contributed by atoms with Crippen LogP contribution in [0.3, 0.4) is 0 Å². The molecule has 140 valence electrons. The van der Waals surface area contributed by atoms with Crippen molar-refractivity contribution in [3.8, 4) is 0 Å². The first-order valence-corrected chi connectivity index (χ1v) is 10.7. The molecule has 1 saturated heterocycles. The Hall–Kier alpha value is -1.86.